The average molecular weight is 320 g/mol. The van der Waals surface area contributed by atoms with Gasteiger partial charge in [-0.1, -0.05) is 23.2 Å². The van der Waals surface area contributed by atoms with Crippen molar-refractivity contribution in [3.63, 3.8) is 0 Å². The normalized spacial score (nSPS) is 21.4. The molecule has 0 saturated heterocycles. The molecule has 2 rings (SSSR count). The quantitative estimate of drug-likeness (QED) is 0.615. The van der Waals surface area contributed by atoms with Gasteiger partial charge in [-0.05, 0) is 6.92 Å². The summed E-state index contributed by atoms with van der Waals surface area (Å²) < 4.78 is 10.8. The van der Waals surface area contributed by atoms with E-state index < -0.39 is 17.1 Å². The lowest BCUT2D eigenvalue weighted by Gasteiger charge is -2.34. The van der Waals surface area contributed by atoms with Crippen molar-refractivity contribution in [3.05, 3.63) is 32.3 Å². The number of hydrogen-bond acceptors (Lipinski definition) is 5. The van der Waals surface area contributed by atoms with E-state index in [9.17, 15) is 14.9 Å². The Morgan fingerprint density at radius 1 is 1.40 bits per heavy atom. The van der Waals surface area contributed by atoms with Gasteiger partial charge in [-0.2, -0.15) is 0 Å². The fourth-order valence-electron chi connectivity index (χ4n) is 1.87. The van der Waals surface area contributed by atoms with Crippen molar-refractivity contribution >= 4 is 34.7 Å². The summed E-state index contributed by atoms with van der Waals surface area (Å²) in [7, 11) is 0. The van der Waals surface area contributed by atoms with Crippen molar-refractivity contribution in [2.24, 2.45) is 0 Å². The number of non-ortho nitro benzene ring substituents is 1. The van der Waals surface area contributed by atoms with Gasteiger partial charge in [0.1, 0.15) is 6.10 Å². The Hall–Kier alpha value is -1.37. The lowest BCUT2D eigenvalue weighted by molar-refractivity contribution is -0.384. The molecule has 1 fully saturated rings. The van der Waals surface area contributed by atoms with Crippen LogP contribution in [0.4, 0.5) is 5.69 Å². The van der Waals surface area contributed by atoms with E-state index in [0.717, 1.165) is 12.1 Å². The molecule has 0 amide bonds. The van der Waals surface area contributed by atoms with Gasteiger partial charge in [0, 0.05) is 25.2 Å². The Labute approximate surface area is 124 Å². The van der Waals surface area contributed by atoms with E-state index in [0.29, 0.717) is 6.61 Å². The molecular formula is C12H11Cl2NO5. The summed E-state index contributed by atoms with van der Waals surface area (Å²) in [5.41, 5.74) is -0.224. The van der Waals surface area contributed by atoms with Gasteiger partial charge in [0.15, 0.2) is 17.6 Å². The van der Waals surface area contributed by atoms with Crippen molar-refractivity contribution in [1.82, 2.24) is 0 Å². The van der Waals surface area contributed by atoms with Gasteiger partial charge in [-0.3, -0.25) is 14.9 Å². The monoisotopic (exact) mass is 319 g/mol. The number of carbonyl (C=O) groups is 1. The van der Waals surface area contributed by atoms with Gasteiger partial charge in [0.2, 0.25) is 0 Å². The number of nitrogens with zero attached hydrogens (tertiary/aromatic N) is 1. The molecule has 1 saturated carbocycles. The maximum Gasteiger partial charge on any atom is 0.272 e. The Morgan fingerprint density at radius 3 is 2.45 bits per heavy atom. The molecule has 0 aliphatic heterocycles. The van der Waals surface area contributed by atoms with Gasteiger partial charge in [-0.25, -0.2) is 0 Å². The first kappa shape index (κ1) is 15.0. The summed E-state index contributed by atoms with van der Waals surface area (Å²) in [6.07, 6.45) is -0.907. The first-order chi connectivity index (χ1) is 9.43. The zero-order valence-corrected chi connectivity index (χ0v) is 12.0. The van der Waals surface area contributed by atoms with E-state index >= 15 is 0 Å². The predicted molar refractivity (Wildman–Crippen MR) is 72.6 cm³/mol. The van der Waals surface area contributed by atoms with Gasteiger partial charge >= 0.3 is 0 Å². The number of ketones is 1. The van der Waals surface area contributed by atoms with Crippen LogP contribution in [0.25, 0.3) is 0 Å². The molecule has 20 heavy (non-hydrogen) atoms. The molecule has 2 atom stereocenters. The van der Waals surface area contributed by atoms with Crippen molar-refractivity contribution in [2.45, 2.75) is 25.6 Å². The fraction of sp³-hybridized carbons (Fsp3) is 0.417. The van der Waals surface area contributed by atoms with Crippen LogP contribution in [0.3, 0.4) is 0 Å². The van der Waals surface area contributed by atoms with Crippen molar-refractivity contribution in [1.29, 1.82) is 0 Å². The van der Waals surface area contributed by atoms with Crippen LogP contribution in [-0.4, -0.2) is 29.5 Å². The third-order valence-corrected chi connectivity index (χ3v) is 3.43. The zero-order chi connectivity index (χ0) is 14.9. The standard InChI is InChI=1S/C12H11Cl2NO5/c1-2-19-12-9(16)5-10(12)20-11-7(13)3-6(15(17)18)4-8(11)14/h3-4,10,12H,2,5H2,1H3. The van der Waals surface area contributed by atoms with E-state index in [2.05, 4.69) is 0 Å². The second-order valence-corrected chi connectivity index (χ2v) is 5.01. The van der Waals surface area contributed by atoms with Crippen LogP contribution in [0.15, 0.2) is 12.1 Å². The third-order valence-electron chi connectivity index (χ3n) is 2.87. The van der Waals surface area contributed by atoms with Crippen LogP contribution in [-0.2, 0) is 9.53 Å². The van der Waals surface area contributed by atoms with Crippen LogP contribution in [0, 0.1) is 10.1 Å². The van der Waals surface area contributed by atoms with E-state index in [1.54, 1.807) is 6.92 Å². The topological polar surface area (TPSA) is 78.7 Å². The lowest BCUT2D eigenvalue weighted by Crippen LogP contribution is -2.52. The molecule has 1 aliphatic carbocycles. The smallest absolute Gasteiger partial charge is 0.272 e. The molecule has 0 N–H and O–H groups in total. The van der Waals surface area contributed by atoms with E-state index in [1.807, 2.05) is 0 Å². The van der Waals surface area contributed by atoms with Crippen molar-refractivity contribution in [3.8, 4) is 5.75 Å². The summed E-state index contributed by atoms with van der Waals surface area (Å²) in [5, 5.41) is 10.7. The number of carbonyl (C=O) groups excluding carboxylic acids is 1. The molecule has 2 unspecified atom stereocenters. The molecule has 8 heteroatoms. The number of halogens is 2. The minimum Gasteiger partial charge on any atom is -0.484 e. The molecule has 108 valence electrons. The lowest BCUT2D eigenvalue weighted by atomic mass is 9.90. The number of benzene rings is 1. The molecule has 1 aliphatic rings. The highest BCUT2D eigenvalue weighted by molar-refractivity contribution is 6.37. The Balaban J connectivity index is 2.18. The zero-order valence-electron chi connectivity index (χ0n) is 10.5. The summed E-state index contributed by atoms with van der Waals surface area (Å²) in [6.45, 7) is 2.16. The van der Waals surface area contributed by atoms with Gasteiger partial charge in [-0.15, -0.1) is 0 Å². The number of ether oxygens (including phenoxy) is 2. The molecule has 0 bridgehead atoms. The molecule has 0 heterocycles. The third kappa shape index (κ3) is 2.87. The van der Waals surface area contributed by atoms with Gasteiger partial charge in [0.25, 0.3) is 5.69 Å². The number of rotatable bonds is 5. The Bertz CT molecular complexity index is 540. The largest absolute Gasteiger partial charge is 0.484 e. The first-order valence-electron chi connectivity index (χ1n) is 5.88. The second-order valence-electron chi connectivity index (χ2n) is 4.20. The van der Waals surface area contributed by atoms with Crippen molar-refractivity contribution in [2.75, 3.05) is 6.61 Å². The van der Waals surface area contributed by atoms with Crippen LogP contribution < -0.4 is 4.74 Å². The number of nitro benzene ring substituents is 1. The summed E-state index contributed by atoms with van der Waals surface area (Å²) in [4.78, 5) is 21.4. The minimum atomic E-state index is -0.637. The average Bonchev–Trinajstić information content (AvgIpc) is 2.38. The second kappa shape index (κ2) is 5.95. The van der Waals surface area contributed by atoms with E-state index in [1.165, 1.54) is 0 Å². The Kier molecular flexibility index (Phi) is 4.47. The van der Waals surface area contributed by atoms with Crippen LogP contribution in [0.2, 0.25) is 10.0 Å². The highest BCUT2D eigenvalue weighted by Crippen LogP contribution is 2.39. The number of Topliss-reactive ketones (excluding diaryl/α,β-unsaturated/α-hetero) is 1. The molecule has 0 radical (unpaired) electrons. The maximum atomic E-state index is 11.4. The highest BCUT2D eigenvalue weighted by Gasteiger charge is 2.43. The fourth-order valence-corrected chi connectivity index (χ4v) is 2.43. The maximum absolute atomic E-state index is 11.4. The predicted octanol–water partition coefficient (Wildman–Crippen LogP) is 3.03. The summed E-state index contributed by atoms with van der Waals surface area (Å²) in [6, 6.07) is 2.30. The van der Waals surface area contributed by atoms with Gasteiger partial charge < -0.3 is 9.47 Å². The number of nitro groups is 1. The van der Waals surface area contributed by atoms with Crippen molar-refractivity contribution < 1.29 is 19.2 Å². The SMILES string of the molecule is CCOC1C(=O)CC1Oc1c(Cl)cc([N+](=O)[O-])cc1Cl. The molecular weight excluding hydrogens is 309 g/mol. The van der Waals surface area contributed by atoms with Crippen LogP contribution in [0.1, 0.15) is 13.3 Å². The van der Waals surface area contributed by atoms with Crippen LogP contribution >= 0.6 is 23.2 Å². The molecule has 1 aromatic rings. The van der Waals surface area contributed by atoms with Gasteiger partial charge in [0.05, 0.1) is 15.0 Å². The summed E-state index contributed by atoms with van der Waals surface area (Å²) in [5.74, 6) is 0.0761. The first-order valence-corrected chi connectivity index (χ1v) is 6.64. The molecule has 1 aromatic carbocycles. The number of hydrogen-bond donors (Lipinski definition) is 0. The Morgan fingerprint density at radius 2 is 2.00 bits per heavy atom. The minimum absolute atomic E-state index is 0.0267. The van der Waals surface area contributed by atoms with E-state index in [4.69, 9.17) is 32.7 Å². The summed E-state index contributed by atoms with van der Waals surface area (Å²) >= 11 is 11.9. The van der Waals surface area contributed by atoms with Crippen LogP contribution in [0.5, 0.6) is 5.75 Å². The molecule has 6 nitrogen and oxygen atoms in total. The van der Waals surface area contributed by atoms with E-state index in [-0.39, 0.29) is 33.7 Å². The highest BCUT2D eigenvalue weighted by atomic mass is 35.5. The molecule has 0 aromatic heterocycles. The molecule has 0 spiro atoms.